The summed E-state index contributed by atoms with van der Waals surface area (Å²) >= 11 is 0. The lowest BCUT2D eigenvalue weighted by molar-refractivity contribution is -0.862. The van der Waals surface area contributed by atoms with E-state index in [4.69, 9.17) is 9.47 Å². The molecule has 7 nitrogen and oxygen atoms in total. The summed E-state index contributed by atoms with van der Waals surface area (Å²) in [5.41, 5.74) is 2.51. The van der Waals surface area contributed by atoms with Gasteiger partial charge in [0.25, 0.3) is 11.8 Å². The average molecular weight is 386 g/mol. The van der Waals surface area contributed by atoms with E-state index < -0.39 is 0 Å². The number of amides is 2. The molecule has 2 aromatic carbocycles. The van der Waals surface area contributed by atoms with Gasteiger partial charge in [-0.2, -0.15) is 0 Å². The van der Waals surface area contributed by atoms with Gasteiger partial charge >= 0.3 is 0 Å². The Balaban J connectivity index is 1.87. The predicted octanol–water partition coefficient (Wildman–Crippen LogP) is 1.36. The van der Waals surface area contributed by atoms with Crippen LogP contribution in [0.2, 0.25) is 0 Å². The Labute approximate surface area is 165 Å². The first-order chi connectivity index (χ1) is 13.5. The van der Waals surface area contributed by atoms with Crippen LogP contribution in [0.25, 0.3) is 0 Å². The first-order valence-corrected chi connectivity index (χ1v) is 9.17. The largest absolute Gasteiger partial charge is 0.493 e. The van der Waals surface area contributed by atoms with E-state index in [-0.39, 0.29) is 24.9 Å². The summed E-state index contributed by atoms with van der Waals surface area (Å²) in [4.78, 5) is 25.4. The van der Waals surface area contributed by atoms with Crippen molar-refractivity contribution in [1.82, 2.24) is 0 Å². The van der Waals surface area contributed by atoms with Crippen molar-refractivity contribution < 1.29 is 24.0 Å². The van der Waals surface area contributed by atoms with E-state index in [1.165, 1.54) is 7.11 Å². The fraction of sp³-hybridized carbons (Fsp3) is 0.333. The van der Waals surface area contributed by atoms with Crippen LogP contribution in [0.1, 0.15) is 12.5 Å². The summed E-state index contributed by atoms with van der Waals surface area (Å²) in [6.07, 6.45) is 0.840. The van der Waals surface area contributed by atoms with Gasteiger partial charge in [0, 0.05) is 17.4 Å². The molecule has 0 saturated carbocycles. The molecular formula is C21H28N3O4+. The van der Waals surface area contributed by atoms with Gasteiger partial charge in [-0.3, -0.25) is 9.59 Å². The molecule has 0 fully saturated rings. The minimum Gasteiger partial charge on any atom is -0.493 e. The van der Waals surface area contributed by atoms with Gasteiger partial charge < -0.3 is 25.0 Å². The second kappa shape index (κ2) is 10.3. The second-order valence-electron chi connectivity index (χ2n) is 6.49. The number of carbonyl (C=O) groups is 2. The smallest absolute Gasteiger partial charge is 0.279 e. The summed E-state index contributed by atoms with van der Waals surface area (Å²) in [5.74, 6) is 0.811. The zero-order valence-electron chi connectivity index (χ0n) is 16.8. The molecule has 3 N–H and O–H groups in total. The Bertz CT molecular complexity index is 823. The van der Waals surface area contributed by atoms with E-state index in [0.29, 0.717) is 17.2 Å². The molecule has 0 radical (unpaired) electrons. The first-order valence-electron chi connectivity index (χ1n) is 9.17. The Morgan fingerprint density at radius 3 is 2.21 bits per heavy atom. The number of ether oxygens (including phenoxy) is 2. The maximum Gasteiger partial charge on any atom is 0.279 e. The minimum absolute atomic E-state index is 0.127. The zero-order chi connectivity index (χ0) is 20.5. The number of rotatable bonds is 9. The van der Waals surface area contributed by atoms with E-state index in [9.17, 15) is 9.59 Å². The van der Waals surface area contributed by atoms with Crippen molar-refractivity contribution in [3.63, 3.8) is 0 Å². The fourth-order valence-electron chi connectivity index (χ4n) is 2.87. The second-order valence-corrected chi connectivity index (χ2v) is 6.49. The van der Waals surface area contributed by atoms with Crippen LogP contribution in [0.5, 0.6) is 11.5 Å². The van der Waals surface area contributed by atoms with Crippen molar-refractivity contribution in [2.75, 3.05) is 45.0 Å². The number of para-hydroxylation sites is 1. The van der Waals surface area contributed by atoms with Crippen LogP contribution in [0, 0.1) is 0 Å². The highest BCUT2D eigenvalue weighted by Crippen LogP contribution is 2.29. The molecule has 0 bridgehead atoms. The third-order valence-corrected chi connectivity index (χ3v) is 4.26. The van der Waals surface area contributed by atoms with E-state index >= 15 is 0 Å². The van der Waals surface area contributed by atoms with Gasteiger partial charge in [-0.1, -0.05) is 25.1 Å². The van der Waals surface area contributed by atoms with Crippen molar-refractivity contribution in [2.45, 2.75) is 13.3 Å². The lowest BCUT2D eigenvalue weighted by Crippen LogP contribution is -3.11. The standard InChI is InChI=1S/C21H27N3O4/c1-5-15-8-6-7-9-17(15)23-21(26)14-24(2)13-20(25)22-16-10-11-18(27-3)19(12-16)28-4/h6-12H,5,13-14H2,1-4H3,(H,22,25)(H,23,26)/p+1. The molecule has 0 aromatic heterocycles. The summed E-state index contributed by atoms with van der Waals surface area (Å²) in [5, 5.41) is 5.73. The van der Waals surface area contributed by atoms with E-state index in [2.05, 4.69) is 10.6 Å². The van der Waals surface area contributed by atoms with Crippen LogP contribution < -0.4 is 25.0 Å². The minimum atomic E-state index is -0.188. The number of carbonyl (C=O) groups excluding carboxylic acids is 2. The number of aryl methyl sites for hydroxylation is 1. The SMILES string of the molecule is CCc1ccccc1NC(=O)C[NH+](C)CC(=O)Nc1ccc(OC)c(OC)c1. The number of nitrogens with one attached hydrogen (secondary N) is 3. The van der Waals surface area contributed by atoms with E-state index in [1.54, 1.807) is 32.4 Å². The lowest BCUT2D eigenvalue weighted by atomic mass is 10.1. The molecule has 0 aliphatic rings. The topological polar surface area (TPSA) is 81.1 Å². The van der Waals surface area contributed by atoms with Crippen molar-refractivity contribution in [2.24, 2.45) is 0 Å². The maximum absolute atomic E-state index is 12.3. The average Bonchev–Trinajstić information content (AvgIpc) is 2.67. The van der Waals surface area contributed by atoms with Crippen molar-refractivity contribution in [1.29, 1.82) is 0 Å². The summed E-state index contributed by atoms with van der Waals surface area (Å²) in [7, 11) is 4.90. The highest BCUT2D eigenvalue weighted by atomic mass is 16.5. The van der Waals surface area contributed by atoms with Crippen LogP contribution in [0.3, 0.4) is 0 Å². The van der Waals surface area contributed by atoms with Crippen LogP contribution in [0.4, 0.5) is 11.4 Å². The molecule has 2 aromatic rings. The van der Waals surface area contributed by atoms with E-state index in [0.717, 1.165) is 22.6 Å². The van der Waals surface area contributed by atoms with Gasteiger partial charge in [-0.25, -0.2) is 0 Å². The number of methoxy groups -OCH3 is 2. The number of anilines is 2. The highest BCUT2D eigenvalue weighted by molar-refractivity contribution is 5.93. The first kappa shape index (κ1) is 21.2. The Kier molecular flexibility index (Phi) is 7.83. The summed E-state index contributed by atoms with van der Waals surface area (Å²) in [6, 6.07) is 12.9. The molecule has 1 unspecified atom stereocenters. The Hall–Kier alpha value is -3.06. The van der Waals surface area contributed by atoms with Crippen LogP contribution in [-0.4, -0.2) is 46.2 Å². The van der Waals surface area contributed by atoms with Gasteiger partial charge in [-0.05, 0) is 30.2 Å². The predicted molar refractivity (Wildman–Crippen MR) is 109 cm³/mol. The quantitative estimate of drug-likeness (QED) is 0.608. The van der Waals surface area contributed by atoms with Crippen molar-refractivity contribution >= 4 is 23.2 Å². The summed E-state index contributed by atoms with van der Waals surface area (Å²) in [6.45, 7) is 2.40. The number of quaternary nitrogens is 1. The van der Waals surface area contributed by atoms with Gasteiger partial charge in [0.05, 0.1) is 21.3 Å². The van der Waals surface area contributed by atoms with Gasteiger partial charge in [-0.15, -0.1) is 0 Å². The zero-order valence-corrected chi connectivity index (χ0v) is 16.8. The number of hydrogen-bond acceptors (Lipinski definition) is 4. The molecular weight excluding hydrogens is 358 g/mol. The summed E-state index contributed by atoms with van der Waals surface area (Å²) < 4.78 is 10.4. The molecule has 2 rings (SSSR count). The number of hydrogen-bond donors (Lipinski definition) is 3. The Morgan fingerprint density at radius 1 is 0.929 bits per heavy atom. The number of likely N-dealkylation sites (N-methyl/N-ethyl adjacent to an activating group) is 1. The molecule has 0 saturated heterocycles. The third-order valence-electron chi connectivity index (χ3n) is 4.26. The molecule has 28 heavy (non-hydrogen) atoms. The highest BCUT2D eigenvalue weighted by Gasteiger charge is 2.16. The van der Waals surface area contributed by atoms with Crippen molar-refractivity contribution in [3.05, 3.63) is 48.0 Å². The molecule has 1 atom stereocenters. The van der Waals surface area contributed by atoms with Crippen LogP contribution in [0.15, 0.2) is 42.5 Å². The van der Waals surface area contributed by atoms with Gasteiger partial charge in [0.2, 0.25) is 0 Å². The third kappa shape index (κ3) is 5.99. The lowest BCUT2D eigenvalue weighted by Gasteiger charge is -2.15. The fourth-order valence-corrected chi connectivity index (χ4v) is 2.87. The molecule has 0 heterocycles. The molecule has 0 aliphatic carbocycles. The molecule has 7 heteroatoms. The van der Waals surface area contributed by atoms with Gasteiger partial charge in [0.1, 0.15) is 0 Å². The monoisotopic (exact) mass is 386 g/mol. The molecule has 150 valence electrons. The molecule has 0 spiro atoms. The Morgan fingerprint density at radius 2 is 1.57 bits per heavy atom. The van der Waals surface area contributed by atoms with Crippen LogP contribution in [-0.2, 0) is 16.0 Å². The van der Waals surface area contributed by atoms with Crippen LogP contribution >= 0.6 is 0 Å². The van der Waals surface area contributed by atoms with Gasteiger partial charge in [0.15, 0.2) is 24.6 Å². The maximum atomic E-state index is 12.3. The normalized spacial score (nSPS) is 11.4. The van der Waals surface area contributed by atoms with Crippen molar-refractivity contribution in [3.8, 4) is 11.5 Å². The number of benzene rings is 2. The van der Waals surface area contributed by atoms with E-state index in [1.807, 2.05) is 31.2 Å². The molecule has 0 aliphatic heterocycles. The molecule has 2 amide bonds.